The summed E-state index contributed by atoms with van der Waals surface area (Å²) in [4.78, 5) is 39.1. The smallest absolute Gasteiger partial charge is 0.341 e. The Bertz CT molecular complexity index is 551. The number of thioether (sulfide) groups is 1. The number of likely N-dealkylation sites (N-methyl/N-ethyl adjacent to an activating group) is 1. The predicted octanol–water partition coefficient (Wildman–Crippen LogP) is 0.601. The quantitative estimate of drug-likeness (QED) is 0.563. The standard InChI is InChI=1S/C14H19N3O4S/c1-4-15-12(19)9(2)17-11(18)8-21-14(20)10-6-5-7-16-13(10)22-3/h5-7,9H,4,8H2,1-3H3,(H,15,19)(H,17,18)/t9-/m1/s1. The lowest BCUT2D eigenvalue weighted by atomic mass is 10.3. The van der Waals surface area contributed by atoms with Crippen LogP contribution in [0.25, 0.3) is 0 Å². The molecule has 0 aromatic carbocycles. The molecule has 1 atom stereocenters. The highest BCUT2D eigenvalue weighted by Gasteiger charge is 2.18. The predicted molar refractivity (Wildman–Crippen MR) is 82.6 cm³/mol. The molecule has 0 fully saturated rings. The lowest BCUT2D eigenvalue weighted by Crippen LogP contribution is -2.46. The van der Waals surface area contributed by atoms with Gasteiger partial charge in [-0.1, -0.05) is 0 Å². The highest BCUT2D eigenvalue weighted by Crippen LogP contribution is 2.17. The van der Waals surface area contributed by atoms with Gasteiger partial charge in [0.25, 0.3) is 5.91 Å². The zero-order valence-electron chi connectivity index (χ0n) is 12.7. The van der Waals surface area contributed by atoms with E-state index in [2.05, 4.69) is 15.6 Å². The number of amides is 2. The van der Waals surface area contributed by atoms with Crippen molar-refractivity contribution in [3.8, 4) is 0 Å². The molecule has 0 saturated carbocycles. The molecule has 0 unspecified atom stereocenters. The summed E-state index contributed by atoms with van der Waals surface area (Å²) in [6.07, 6.45) is 3.36. The second-order valence-electron chi connectivity index (χ2n) is 4.32. The molecule has 120 valence electrons. The summed E-state index contributed by atoms with van der Waals surface area (Å²) in [5.41, 5.74) is 0.305. The van der Waals surface area contributed by atoms with E-state index in [1.807, 2.05) is 0 Å². The topological polar surface area (TPSA) is 97.4 Å². The number of rotatable bonds is 7. The number of aromatic nitrogens is 1. The second kappa shape index (κ2) is 9.04. The minimum absolute atomic E-state index is 0.292. The second-order valence-corrected chi connectivity index (χ2v) is 5.12. The molecule has 0 saturated heterocycles. The van der Waals surface area contributed by atoms with Gasteiger partial charge in [-0.15, -0.1) is 11.8 Å². The van der Waals surface area contributed by atoms with Crippen LogP contribution in [-0.4, -0.2) is 48.2 Å². The molecule has 0 aliphatic rings. The molecule has 1 heterocycles. The van der Waals surface area contributed by atoms with E-state index in [9.17, 15) is 14.4 Å². The van der Waals surface area contributed by atoms with Crippen LogP contribution in [0.2, 0.25) is 0 Å². The zero-order chi connectivity index (χ0) is 16.5. The average molecular weight is 325 g/mol. The number of ether oxygens (including phenoxy) is 1. The van der Waals surface area contributed by atoms with Gasteiger partial charge in [0.1, 0.15) is 11.1 Å². The summed E-state index contributed by atoms with van der Waals surface area (Å²) in [6, 6.07) is 2.51. The van der Waals surface area contributed by atoms with Gasteiger partial charge >= 0.3 is 5.97 Å². The van der Waals surface area contributed by atoms with Gasteiger partial charge in [-0.3, -0.25) is 9.59 Å². The maximum atomic E-state index is 11.9. The summed E-state index contributed by atoms with van der Waals surface area (Å²) in [5, 5.41) is 5.57. The molecule has 1 aromatic rings. The first-order chi connectivity index (χ1) is 10.5. The molecule has 0 radical (unpaired) electrons. The van der Waals surface area contributed by atoms with Gasteiger partial charge < -0.3 is 15.4 Å². The lowest BCUT2D eigenvalue weighted by Gasteiger charge is -2.13. The molecular weight excluding hydrogens is 306 g/mol. The van der Waals surface area contributed by atoms with Crippen molar-refractivity contribution < 1.29 is 19.1 Å². The van der Waals surface area contributed by atoms with E-state index in [0.29, 0.717) is 17.1 Å². The molecule has 2 amide bonds. The van der Waals surface area contributed by atoms with E-state index in [-0.39, 0.29) is 5.91 Å². The monoisotopic (exact) mass is 325 g/mol. The van der Waals surface area contributed by atoms with Crippen molar-refractivity contribution in [2.75, 3.05) is 19.4 Å². The maximum absolute atomic E-state index is 11.9. The van der Waals surface area contributed by atoms with Crippen molar-refractivity contribution in [1.29, 1.82) is 0 Å². The number of nitrogens with zero attached hydrogens (tertiary/aromatic N) is 1. The molecule has 1 rings (SSSR count). The minimum Gasteiger partial charge on any atom is -0.452 e. The Labute approximate surface area is 133 Å². The first-order valence-corrected chi connectivity index (χ1v) is 7.95. The molecule has 0 bridgehead atoms. The van der Waals surface area contributed by atoms with Crippen molar-refractivity contribution >= 4 is 29.5 Å². The summed E-state index contributed by atoms with van der Waals surface area (Å²) >= 11 is 1.31. The van der Waals surface area contributed by atoms with Crippen LogP contribution >= 0.6 is 11.8 Å². The van der Waals surface area contributed by atoms with Crippen LogP contribution in [-0.2, 0) is 14.3 Å². The number of hydrogen-bond acceptors (Lipinski definition) is 6. The first kappa shape index (κ1) is 18.0. The van der Waals surface area contributed by atoms with E-state index in [1.165, 1.54) is 11.8 Å². The number of esters is 1. The molecule has 0 spiro atoms. The third-order valence-electron chi connectivity index (χ3n) is 2.64. The Balaban J connectivity index is 2.50. The average Bonchev–Trinajstić information content (AvgIpc) is 2.52. The van der Waals surface area contributed by atoms with Gasteiger partial charge in [-0.05, 0) is 32.2 Å². The van der Waals surface area contributed by atoms with E-state index >= 15 is 0 Å². The Morgan fingerprint density at radius 3 is 2.77 bits per heavy atom. The van der Waals surface area contributed by atoms with Gasteiger partial charge in [0, 0.05) is 12.7 Å². The lowest BCUT2D eigenvalue weighted by molar-refractivity contribution is -0.130. The van der Waals surface area contributed by atoms with Crippen molar-refractivity contribution in [3.05, 3.63) is 23.9 Å². The molecule has 2 N–H and O–H groups in total. The SMILES string of the molecule is CCNC(=O)[C@@H](C)NC(=O)COC(=O)c1cccnc1SC. The van der Waals surface area contributed by atoms with Crippen LogP contribution < -0.4 is 10.6 Å². The van der Waals surface area contributed by atoms with Gasteiger partial charge in [-0.2, -0.15) is 0 Å². The van der Waals surface area contributed by atoms with Crippen molar-refractivity contribution in [3.63, 3.8) is 0 Å². The molecule has 8 heteroatoms. The van der Waals surface area contributed by atoms with Crippen LogP contribution in [0, 0.1) is 0 Å². The maximum Gasteiger partial charge on any atom is 0.341 e. The van der Waals surface area contributed by atoms with Gasteiger partial charge in [0.15, 0.2) is 6.61 Å². The zero-order valence-corrected chi connectivity index (χ0v) is 13.5. The van der Waals surface area contributed by atoms with E-state index in [0.717, 1.165) is 0 Å². The molecule has 22 heavy (non-hydrogen) atoms. The summed E-state index contributed by atoms with van der Waals surface area (Å²) in [7, 11) is 0. The van der Waals surface area contributed by atoms with Crippen molar-refractivity contribution in [2.45, 2.75) is 24.9 Å². The Morgan fingerprint density at radius 2 is 2.14 bits per heavy atom. The fraction of sp³-hybridized carbons (Fsp3) is 0.429. The van der Waals surface area contributed by atoms with Gasteiger partial charge in [0.05, 0.1) is 5.56 Å². The van der Waals surface area contributed by atoms with Crippen molar-refractivity contribution in [2.24, 2.45) is 0 Å². The number of hydrogen-bond donors (Lipinski definition) is 2. The van der Waals surface area contributed by atoms with Gasteiger partial charge in [-0.25, -0.2) is 9.78 Å². The summed E-state index contributed by atoms with van der Waals surface area (Å²) < 4.78 is 4.94. The Kier molecular flexibility index (Phi) is 7.38. The first-order valence-electron chi connectivity index (χ1n) is 6.72. The molecule has 1 aromatic heterocycles. The normalized spacial score (nSPS) is 11.4. The van der Waals surface area contributed by atoms with Crippen LogP contribution in [0.5, 0.6) is 0 Å². The summed E-state index contributed by atoms with van der Waals surface area (Å²) in [6.45, 7) is 3.36. The van der Waals surface area contributed by atoms with Crippen molar-refractivity contribution in [1.82, 2.24) is 15.6 Å². The van der Waals surface area contributed by atoms with E-state index in [1.54, 1.807) is 38.4 Å². The molecule has 0 aliphatic heterocycles. The summed E-state index contributed by atoms with van der Waals surface area (Å²) in [5.74, 6) is -1.46. The van der Waals surface area contributed by atoms with Crippen LogP contribution in [0.3, 0.4) is 0 Å². The third-order valence-corrected chi connectivity index (χ3v) is 3.35. The van der Waals surface area contributed by atoms with Crippen LogP contribution in [0.15, 0.2) is 23.4 Å². The minimum atomic E-state index is -0.689. The number of carbonyl (C=O) groups excluding carboxylic acids is 3. The molecule has 7 nitrogen and oxygen atoms in total. The molecule has 0 aliphatic carbocycles. The van der Waals surface area contributed by atoms with E-state index < -0.39 is 24.5 Å². The van der Waals surface area contributed by atoms with E-state index in [4.69, 9.17) is 4.74 Å². The fourth-order valence-electron chi connectivity index (χ4n) is 1.59. The highest BCUT2D eigenvalue weighted by molar-refractivity contribution is 7.98. The number of pyridine rings is 1. The number of carbonyl (C=O) groups is 3. The fourth-order valence-corrected chi connectivity index (χ4v) is 2.13. The Morgan fingerprint density at radius 1 is 1.41 bits per heavy atom. The molecular formula is C14H19N3O4S. The van der Waals surface area contributed by atoms with Crippen LogP contribution in [0.4, 0.5) is 0 Å². The largest absolute Gasteiger partial charge is 0.452 e. The Hall–Kier alpha value is -2.09. The third kappa shape index (κ3) is 5.36. The highest BCUT2D eigenvalue weighted by atomic mass is 32.2. The number of nitrogens with one attached hydrogen (secondary N) is 2. The van der Waals surface area contributed by atoms with Gasteiger partial charge in [0.2, 0.25) is 5.91 Å². The van der Waals surface area contributed by atoms with Crippen LogP contribution in [0.1, 0.15) is 24.2 Å².